The van der Waals surface area contributed by atoms with Gasteiger partial charge in [-0.3, -0.25) is 14.7 Å². The average molecular weight is 470 g/mol. The van der Waals surface area contributed by atoms with E-state index in [4.69, 9.17) is 10.5 Å². The third-order valence-corrected chi connectivity index (χ3v) is 7.67. The van der Waals surface area contributed by atoms with E-state index >= 15 is 0 Å². The van der Waals surface area contributed by atoms with Crippen LogP contribution in [0.5, 0.6) is 0 Å². The number of thiophene rings is 1. The third-order valence-electron chi connectivity index (χ3n) is 6.20. The molecule has 2 aromatic rings. The lowest BCUT2D eigenvalue weighted by atomic mass is 10.0. The van der Waals surface area contributed by atoms with Gasteiger partial charge in [-0.15, -0.1) is 11.3 Å². The second-order valence-electron chi connectivity index (χ2n) is 8.69. The molecule has 1 atom stereocenters. The number of aromatic nitrogens is 2. The molecule has 4 rings (SSSR count). The summed E-state index contributed by atoms with van der Waals surface area (Å²) in [5.74, 6) is 1.07. The molecule has 0 aliphatic carbocycles. The number of morpholine rings is 1. The van der Waals surface area contributed by atoms with E-state index in [0.29, 0.717) is 24.4 Å². The molecule has 3 N–H and O–H groups in total. The van der Waals surface area contributed by atoms with Crippen molar-refractivity contribution in [2.24, 2.45) is 10.7 Å². The van der Waals surface area contributed by atoms with Crippen LogP contribution in [0.3, 0.4) is 0 Å². The van der Waals surface area contributed by atoms with Gasteiger partial charge in [-0.2, -0.15) is 0 Å². The Hall–Kier alpha value is -2.82. The Balaban J connectivity index is 1.52. The lowest BCUT2D eigenvalue weighted by Gasteiger charge is -2.37. The highest BCUT2D eigenvalue weighted by atomic mass is 32.1. The maximum atomic E-state index is 13.3. The Labute approximate surface area is 198 Å². The van der Waals surface area contributed by atoms with E-state index in [1.807, 2.05) is 17.0 Å². The molecule has 0 spiro atoms. The van der Waals surface area contributed by atoms with Crippen LogP contribution in [0.15, 0.2) is 35.6 Å². The maximum Gasteiger partial charge on any atom is 0.255 e. The molecule has 1 saturated heterocycles. The second kappa shape index (κ2) is 9.58. The van der Waals surface area contributed by atoms with Crippen LogP contribution in [0.1, 0.15) is 36.0 Å². The molecule has 33 heavy (non-hydrogen) atoms. The Morgan fingerprint density at radius 2 is 2.27 bits per heavy atom. The van der Waals surface area contributed by atoms with E-state index in [1.165, 1.54) is 6.20 Å². The van der Waals surface area contributed by atoms with Gasteiger partial charge in [0.25, 0.3) is 5.91 Å². The summed E-state index contributed by atoms with van der Waals surface area (Å²) in [6, 6.07) is 4.18. The van der Waals surface area contributed by atoms with E-state index in [0.717, 1.165) is 47.3 Å². The van der Waals surface area contributed by atoms with Gasteiger partial charge in [0.2, 0.25) is 5.95 Å². The Kier molecular flexibility index (Phi) is 6.78. The zero-order chi connectivity index (χ0) is 23.6. The van der Waals surface area contributed by atoms with Crippen molar-refractivity contribution in [3.8, 4) is 10.6 Å². The monoisotopic (exact) mass is 469 g/mol. The first kappa shape index (κ1) is 23.3. The Morgan fingerprint density at radius 3 is 2.97 bits per heavy atom. The fraction of sp³-hybridized carbons (Fsp3) is 0.478. The van der Waals surface area contributed by atoms with Gasteiger partial charge in [-0.1, -0.05) is 0 Å². The van der Waals surface area contributed by atoms with E-state index in [2.05, 4.69) is 45.9 Å². The normalized spacial score (nSPS) is 21.1. The number of hydrogen-bond donors (Lipinski definition) is 2. The molecule has 0 bridgehead atoms. The van der Waals surface area contributed by atoms with Crippen molar-refractivity contribution in [2.75, 3.05) is 45.2 Å². The molecular weight excluding hydrogens is 438 g/mol. The quantitative estimate of drug-likeness (QED) is 0.494. The lowest BCUT2D eigenvalue weighted by Crippen LogP contribution is -2.49. The molecule has 10 heteroatoms. The molecule has 0 aromatic carbocycles. The van der Waals surface area contributed by atoms with Crippen LogP contribution in [0, 0.1) is 0 Å². The van der Waals surface area contributed by atoms with Crippen molar-refractivity contribution in [2.45, 2.75) is 32.4 Å². The number of amidine groups is 1. The molecule has 2 aliphatic heterocycles. The van der Waals surface area contributed by atoms with Crippen LogP contribution in [0.2, 0.25) is 0 Å². The van der Waals surface area contributed by atoms with Gasteiger partial charge < -0.3 is 20.7 Å². The minimum Gasteiger partial charge on any atom is -0.404 e. The molecule has 1 unspecified atom stereocenters. The summed E-state index contributed by atoms with van der Waals surface area (Å²) in [6.07, 6.45) is 4.74. The van der Waals surface area contributed by atoms with Gasteiger partial charge >= 0.3 is 0 Å². The van der Waals surface area contributed by atoms with Crippen LogP contribution in [-0.2, 0) is 10.3 Å². The number of carbonyl (C=O) groups is 1. The number of ether oxygens (including phenoxy) is 1. The highest BCUT2D eigenvalue weighted by molar-refractivity contribution is 7.16. The predicted octanol–water partition coefficient (Wildman–Crippen LogP) is 2.53. The van der Waals surface area contributed by atoms with Crippen LogP contribution in [0.4, 0.5) is 5.95 Å². The largest absolute Gasteiger partial charge is 0.404 e. The summed E-state index contributed by atoms with van der Waals surface area (Å²) in [5.41, 5.74) is 6.62. The number of nitrogens with zero attached hydrogens (tertiary/aromatic N) is 5. The molecular formula is C23H31N7O2S. The summed E-state index contributed by atoms with van der Waals surface area (Å²) < 4.78 is 5.54. The van der Waals surface area contributed by atoms with E-state index in [9.17, 15) is 4.79 Å². The van der Waals surface area contributed by atoms with Crippen molar-refractivity contribution in [3.63, 3.8) is 0 Å². The van der Waals surface area contributed by atoms with Crippen LogP contribution in [-0.4, -0.2) is 77.4 Å². The number of aliphatic imine (C=N–C) groups is 1. The Bertz CT molecular complexity index is 1080. The first-order chi connectivity index (χ1) is 15.8. The number of hydrogen-bond acceptors (Lipinski definition) is 8. The van der Waals surface area contributed by atoms with Crippen molar-refractivity contribution >= 4 is 29.0 Å². The van der Waals surface area contributed by atoms with Gasteiger partial charge in [0.1, 0.15) is 5.84 Å². The van der Waals surface area contributed by atoms with E-state index in [-0.39, 0.29) is 11.4 Å². The SMILES string of the molecule is CN=C(C=CN)Nc1nccc(-c2cc3c(s2)C(C)(C)N(CCN2CCOCC2C)C3=O)n1. The second-order valence-corrected chi connectivity index (χ2v) is 9.74. The lowest BCUT2D eigenvalue weighted by molar-refractivity contribution is -0.00700. The number of rotatable bonds is 6. The fourth-order valence-corrected chi connectivity index (χ4v) is 5.52. The minimum absolute atomic E-state index is 0.0827. The molecule has 0 saturated carbocycles. The topological polar surface area (TPSA) is 109 Å². The summed E-state index contributed by atoms with van der Waals surface area (Å²) in [7, 11) is 1.66. The average Bonchev–Trinajstić information content (AvgIpc) is 3.32. The van der Waals surface area contributed by atoms with Crippen LogP contribution >= 0.6 is 11.3 Å². The first-order valence-electron chi connectivity index (χ1n) is 11.1. The number of carbonyl (C=O) groups excluding carboxylic acids is 1. The standard InChI is InChI=1S/C23H31N7O2S/c1-15-14-32-12-11-29(15)9-10-30-21(31)16-13-18(33-20(16)23(30,2)3)17-6-8-26-22(27-17)28-19(25-4)5-7-24/h5-8,13,15H,9-12,14,24H2,1-4H3,(H,25,26,27,28). The zero-order valence-corrected chi connectivity index (χ0v) is 20.4. The predicted molar refractivity (Wildman–Crippen MR) is 132 cm³/mol. The van der Waals surface area contributed by atoms with E-state index in [1.54, 1.807) is 30.7 Å². The maximum absolute atomic E-state index is 13.3. The molecule has 2 aromatic heterocycles. The van der Waals surface area contributed by atoms with Gasteiger partial charge in [-0.25, -0.2) is 9.97 Å². The highest BCUT2D eigenvalue weighted by Gasteiger charge is 2.45. The van der Waals surface area contributed by atoms with Gasteiger partial charge in [0, 0.05) is 43.8 Å². The van der Waals surface area contributed by atoms with Crippen molar-refractivity contribution in [1.29, 1.82) is 0 Å². The van der Waals surface area contributed by atoms with Crippen LogP contribution < -0.4 is 11.1 Å². The number of fused-ring (bicyclic) bond motifs is 1. The Morgan fingerprint density at radius 1 is 1.45 bits per heavy atom. The number of amides is 1. The highest BCUT2D eigenvalue weighted by Crippen LogP contribution is 2.45. The van der Waals surface area contributed by atoms with Gasteiger partial charge in [-0.05, 0) is 45.2 Å². The molecule has 176 valence electrons. The molecule has 1 fully saturated rings. The molecule has 9 nitrogen and oxygen atoms in total. The van der Waals surface area contributed by atoms with Gasteiger partial charge in [0.15, 0.2) is 0 Å². The number of nitrogens with one attached hydrogen (secondary N) is 1. The molecule has 0 radical (unpaired) electrons. The summed E-state index contributed by atoms with van der Waals surface area (Å²) in [6.45, 7) is 10.4. The smallest absolute Gasteiger partial charge is 0.255 e. The first-order valence-corrected chi connectivity index (χ1v) is 11.9. The third kappa shape index (κ3) is 4.64. The number of anilines is 1. The van der Waals surface area contributed by atoms with Gasteiger partial charge in [0.05, 0.1) is 34.9 Å². The van der Waals surface area contributed by atoms with Crippen molar-refractivity contribution in [3.05, 3.63) is 41.0 Å². The molecule has 2 aliphatic rings. The zero-order valence-electron chi connectivity index (χ0n) is 19.5. The fourth-order valence-electron chi connectivity index (χ4n) is 4.29. The molecule has 1 amide bonds. The van der Waals surface area contributed by atoms with Crippen LogP contribution in [0.25, 0.3) is 10.6 Å². The number of nitrogens with two attached hydrogens (primary N) is 1. The summed E-state index contributed by atoms with van der Waals surface area (Å²) in [5, 5.41) is 3.05. The summed E-state index contributed by atoms with van der Waals surface area (Å²) >= 11 is 1.62. The summed E-state index contributed by atoms with van der Waals surface area (Å²) in [4.78, 5) is 32.7. The van der Waals surface area contributed by atoms with Crippen molar-refractivity contribution < 1.29 is 9.53 Å². The molecule has 4 heterocycles. The van der Waals surface area contributed by atoms with E-state index < -0.39 is 0 Å². The van der Waals surface area contributed by atoms with Crippen molar-refractivity contribution in [1.82, 2.24) is 19.8 Å². The minimum atomic E-state index is -0.368.